The zero-order valence-electron chi connectivity index (χ0n) is 15.7. The molecule has 0 bridgehead atoms. The molecule has 1 saturated heterocycles. The van der Waals surface area contributed by atoms with Crippen molar-refractivity contribution in [3.8, 4) is 0 Å². The van der Waals surface area contributed by atoms with Crippen molar-refractivity contribution in [1.29, 1.82) is 0 Å². The van der Waals surface area contributed by atoms with Gasteiger partial charge in [0.2, 0.25) is 0 Å². The van der Waals surface area contributed by atoms with Gasteiger partial charge in [-0.15, -0.1) is 24.0 Å². The lowest BCUT2D eigenvalue weighted by Crippen LogP contribution is -2.47. The number of rotatable bonds is 4. The molecular formula is C19H33IN4. The highest BCUT2D eigenvalue weighted by molar-refractivity contribution is 14.0. The third kappa shape index (κ3) is 5.92. The molecule has 1 aromatic rings. The van der Waals surface area contributed by atoms with Crippen molar-refractivity contribution in [2.75, 3.05) is 40.8 Å². The maximum absolute atomic E-state index is 4.49. The average molecular weight is 444 g/mol. The molecule has 4 nitrogen and oxygen atoms in total. The van der Waals surface area contributed by atoms with Crippen molar-refractivity contribution in [2.45, 2.75) is 32.7 Å². The second-order valence-electron chi connectivity index (χ2n) is 6.99. The van der Waals surface area contributed by atoms with Crippen molar-refractivity contribution < 1.29 is 0 Å². The Labute approximate surface area is 164 Å². The van der Waals surface area contributed by atoms with Gasteiger partial charge in [-0.25, -0.2) is 0 Å². The number of guanidine groups is 1. The summed E-state index contributed by atoms with van der Waals surface area (Å²) in [6.45, 7) is 7.56. The normalized spacial score (nSPS) is 17.6. The zero-order chi connectivity index (χ0) is 16.8. The molecule has 1 atom stereocenters. The van der Waals surface area contributed by atoms with Gasteiger partial charge in [0.15, 0.2) is 5.96 Å². The number of benzene rings is 1. The fourth-order valence-electron chi connectivity index (χ4n) is 3.13. The molecule has 136 valence electrons. The first-order valence-electron chi connectivity index (χ1n) is 8.70. The molecule has 2 rings (SSSR count). The van der Waals surface area contributed by atoms with E-state index in [1.807, 2.05) is 7.05 Å². The van der Waals surface area contributed by atoms with Gasteiger partial charge >= 0.3 is 0 Å². The lowest BCUT2D eigenvalue weighted by atomic mass is 9.99. The number of likely N-dealkylation sites (tertiary alicyclic amines) is 1. The monoisotopic (exact) mass is 444 g/mol. The van der Waals surface area contributed by atoms with Crippen LogP contribution in [0.5, 0.6) is 0 Å². The highest BCUT2D eigenvalue weighted by atomic mass is 127. The predicted molar refractivity (Wildman–Crippen MR) is 114 cm³/mol. The van der Waals surface area contributed by atoms with Crippen LogP contribution in [-0.2, 0) is 0 Å². The molecule has 24 heavy (non-hydrogen) atoms. The average Bonchev–Trinajstić information content (AvgIpc) is 2.54. The fraction of sp³-hybridized carbons (Fsp3) is 0.632. The first kappa shape index (κ1) is 21.2. The molecule has 0 radical (unpaired) electrons. The van der Waals surface area contributed by atoms with Gasteiger partial charge in [-0.2, -0.15) is 0 Å². The molecule has 0 amide bonds. The Bertz CT molecular complexity index is 505. The molecule has 0 aromatic heterocycles. The van der Waals surface area contributed by atoms with Gasteiger partial charge in [-0.3, -0.25) is 4.99 Å². The highest BCUT2D eigenvalue weighted by Gasteiger charge is 2.20. The second-order valence-corrected chi connectivity index (χ2v) is 6.99. The van der Waals surface area contributed by atoms with E-state index in [9.17, 15) is 0 Å². The number of aryl methyl sites for hydroxylation is 1. The molecule has 5 heteroatoms. The van der Waals surface area contributed by atoms with Crippen LogP contribution >= 0.6 is 24.0 Å². The van der Waals surface area contributed by atoms with E-state index in [2.05, 4.69) is 72.3 Å². The molecule has 1 fully saturated rings. The Kier molecular flexibility index (Phi) is 9.05. The lowest BCUT2D eigenvalue weighted by molar-refractivity contribution is 0.264. The summed E-state index contributed by atoms with van der Waals surface area (Å²) in [5.74, 6) is 1.88. The summed E-state index contributed by atoms with van der Waals surface area (Å²) >= 11 is 0. The van der Waals surface area contributed by atoms with Crippen molar-refractivity contribution in [2.24, 2.45) is 10.9 Å². The fourth-order valence-corrected chi connectivity index (χ4v) is 3.13. The quantitative estimate of drug-likeness (QED) is 0.438. The zero-order valence-corrected chi connectivity index (χ0v) is 18.1. The van der Waals surface area contributed by atoms with Gasteiger partial charge in [0.25, 0.3) is 0 Å². The minimum atomic E-state index is 0. The standard InChI is InChI=1S/C19H32N4.HI/c1-15-6-8-17(9-7-15)18(22(4)5)14-21-19(20-3)23-12-10-16(2)11-13-23;/h6-9,16,18H,10-14H2,1-5H3,(H,20,21);1H. The molecule has 1 aliphatic heterocycles. The third-order valence-electron chi connectivity index (χ3n) is 4.83. The van der Waals surface area contributed by atoms with Crippen LogP contribution in [0.1, 0.15) is 36.9 Å². The van der Waals surface area contributed by atoms with Gasteiger partial charge in [0.1, 0.15) is 0 Å². The number of nitrogens with one attached hydrogen (secondary N) is 1. The van der Waals surface area contributed by atoms with E-state index in [4.69, 9.17) is 0 Å². The number of hydrogen-bond donors (Lipinski definition) is 1. The highest BCUT2D eigenvalue weighted by Crippen LogP contribution is 2.19. The maximum atomic E-state index is 4.49. The minimum Gasteiger partial charge on any atom is -0.354 e. The molecular weight excluding hydrogens is 411 g/mol. The SMILES string of the molecule is CN=C(NCC(c1ccc(C)cc1)N(C)C)N1CCC(C)CC1.I. The van der Waals surface area contributed by atoms with Crippen LogP contribution in [-0.4, -0.2) is 56.5 Å². The first-order chi connectivity index (χ1) is 11.0. The smallest absolute Gasteiger partial charge is 0.193 e. The summed E-state index contributed by atoms with van der Waals surface area (Å²) in [6.07, 6.45) is 2.52. The van der Waals surface area contributed by atoms with Crippen LogP contribution < -0.4 is 5.32 Å². The van der Waals surface area contributed by atoms with Crippen LogP contribution in [0.4, 0.5) is 0 Å². The molecule has 1 heterocycles. The Morgan fingerprint density at radius 3 is 2.33 bits per heavy atom. The van der Waals surface area contributed by atoms with E-state index < -0.39 is 0 Å². The summed E-state index contributed by atoms with van der Waals surface area (Å²) in [5.41, 5.74) is 2.65. The molecule has 0 spiro atoms. The van der Waals surface area contributed by atoms with E-state index in [1.54, 1.807) is 0 Å². The summed E-state index contributed by atoms with van der Waals surface area (Å²) in [5, 5.41) is 3.58. The van der Waals surface area contributed by atoms with Crippen molar-refractivity contribution in [3.63, 3.8) is 0 Å². The van der Waals surface area contributed by atoms with Gasteiger partial charge in [0.05, 0.1) is 6.04 Å². The van der Waals surface area contributed by atoms with E-state index in [-0.39, 0.29) is 24.0 Å². The van der Waals surface area contributed by atoms with E-state index >= 15 is 0 Å². The van der Waals surface area contributed by atoms with E-state index in [0.29, 0.717) is 6.04 Å². The topological polar surface area (TPSA) is 30.9 Å². The molecule has 1 N–H and O–H groups in total. The third-order valence-corrected chi connectivity index (χ3v) is 4.83. The van der Waals surface area contributed by atoms with Crippen LogP contribution in [0.3, 0.4) is 0 Å². The van der Waals surface area contributed by atoms with Crippen LogP contribution in [0.15, 0.2) is 29.3 Å². The van der Waals surface area contributed by atoms with Gasteiger partial charge in [0, 0.05) is 26.7 Å². The van der Waals surface area contributed by atoms with Crippen LogP contribution in [0.2, 0.25) is 0 Å². The van der Waals surface area contributed by atoms with E-state index in [1.165, 1.54) is 24.0 Å². The summed E-state index contributed by atoms with van der Waals surface area (Å²) in [4.78, 5) is 9.15. The Morgan fingerprint density at radius 1 is 1.25 bits per heavy atom. The summed E-state index contributed by atoms with van der Waals surface area (Å²) in [6, 6.07) is 9.18. The largest absolute Gasteiger partial charge is 0.354 e. The lowest BCUT2D eigenvalue weighted by Gasteiger charge is -2.34. The number of hydrogen-bond acceptors (Lipinski definition) is 2. The van der Waals surface area contributed by atoms with Gasteiger partial charge in [-0.1, -0.05) is 36.8 Å². The summed E-state index contributed by atoms with van der Waals surface area (Å²) < 4.78 is 0. The Balaban J connectivity index is 0.00000288. The second kappa shape index (κ2) is 10.2. The maximum Gasteiger partial charge on any atom is 0.193 e. The van der Waals surface area contributed by atoms with Gasteiger partial charge in [-0.05, 0) is 45.3 Å². The Hall–Kier alpha value is -0.820. The van der Waals surface area contributed by atoms with Crippen molar-refractivity contribution in [1.82, 2.24) is 15.1 Å². The van der Waals surface area contributed by atoms with Crippen LogP contribution in [0.25, 0.3) is 0 Å². The van der Waals surface area contributed by atoms with E-state index in [0.717, 1.165) is 31.5 Å². The van der Waals surface area contributed by atoms with Crippen molar-refractivity contribution in [3.05, 3.63) is 35.4 Å². The number of likely N-dealkylation sites (N-methyl/N-ethyl adjacent to an activating group) is 1. The Morgan fingerprint density at radius 2 is 1.83 bits per heavy atom. The van der Waals surface area contributed by atoms with Crippen LogP contribution in [0, 0.1) is 12.8 Å². The molecule has 1 aliphatic rings. The first-order valence-corrected chi connectivity index (χ1v) is 8.70. The number of piperidine rings is 1. The summed E-state index contributed by atoms with van der Waals surface area (Å²) in [7, 11) is 6.16. The molecule has 0 aliphatic carbocycles. The molecule has 1 unspecified atom stereocenters. The number of aliphatic imine (C=N–C) groups is 1. The van der Waals surface area contributed by atoms with Gasteiger partial charge < -0.3 is 15.1 Å². The molecule has 1 aromatic carbocycles. The molecule has 0 saturated carbocycles. The van der Waals surface area contributed by atoms with Crippen molar-refractivity contribution >= 4 is 29.9 Å². The number of nitrogens with zero attached hydrogens (tertiary/aromatic N) is 3. The minimum absolute atomic E-state index is 0. The number of halogens is 1. The predicted octanol–water partition coefficient (Wildman–Crippen LogP) is 3.52.